The molecule has 0 bridgehead atoms. The van der Waals surface area contributed by atoms with Gasteiger partial charge in [-0.1, -0.05) is 13.8 Å². The summed E-state index contributed by atoms with van der Waals surface area (Å²) in [7, 11) is -3.63. The molecule has 0 spiro atoms. The highest BCUT2D eigenvalue weighted by Gasteiger charge is 2.16. The van der Waals surface area contributed by atoms with Gasteiger partial charge in [-0.25, -0.2) is 13.6 Å². The maximum atomic E-state index is 11.1. The molecule has 1 aromatic rings. The quantitative estimate of drug-likeness (QED) is 0.835. The van der Waals surface area contributed by atoms with Gasteiger partial charge in [-0.15, -0.1) is 0 Å². The number of aromatic nitrogens is 2. The lowest BCUT2D eigenvalue weighted by Crippen LogP contribution is -2.13. The van der Waals surface area contributed by atoms with E-state index >= 15 is 0 Å². The predicted octanol–water partition coefficient (Wildman–Crippen LogP) is 0.885. The molecule has 0 saturated carbocycles. The van der Waals surface area contributed by atoms with Gasteiger partial charge < -0.3 is 0 Å². The normalized spacial score (nSPS) is 12.3. The second-order valence-corrected chi connectivity index (χ2v) is 5.57. The molecule has 86 valence electrons. The van der Waals surface area contributed by atoms with Crippen LogP contribution >= 0.6 is 0 Å². The minimum atomic E-state index is -3.63. The standard InChI is InChI=1S/C9H17N3O2S/c1-7(2)4-5-12-8(3)9(6-11-12)15(10,13)14/h6-7H,4-5H2,1-3H3,(H2,10,13,14). The summed E-state index contributed by atoms with van der Waals surface area (Å²) >= 11 is 0. The number of rotatable bonds is 4. The predicted molar refractivity (Wildman–Crippen MR) is 57.8 cm³/mol. The molecule has 1 heterocycles. The number of nitrogens with zero attached hydrogens (tertiary/aromatic N) is 2. The molecule has 0 aliphatic carbocycles. The second kappa shape index (κ2) is 4.32. The van der Waals surface area contributed by atoms with Gasteiger partial charge >= 0.3 is 0 Å². The van der Waals surface area contributed by atoms with Gasteiger partial charge in [0.15, 0.2) is 0 Å². The molecule has 5 nitrogen and oxygen atoms in total. The molecule has 0 aliphatic heterocycles. The van der Waals surface area contributed by atoms with Gasteiger partial charge in [-0.2, -0.15) is 5.10 Å². The van der Waals surface area contributed by atoms with E-state index in [1.807, 2.05) is 0 Å². The third kappa shape index (κ3) is 3.04. The Morgan fingerprint density at radius 2 is 2.13 bits per heavy atom. The molecule has 15 heavy (non-hydrogen) atoms. The fourth-order valence-electron chi connectivity index (χ4n) is 1.31. The monoisotopic (exact) mass is 231 g/mol. The zero-order valence-electron chi connectivity index (χ0n) is 9.27. The van der Waals surface area contributed by atoms with Crippen molar-refractivity contribution in [3.8, 4) is 0 Å². The largest absolute Gasteiger partial charge is 0.268 e. The van der Waals surface area contributed by atoms with Gasteiger partial charge in [0.25, 0.3) is 0 Å². The average molecular weight is 231 g/mol. The number of primary sulfonamides is 1. The molecule has 0 unspecified atom stereocenters. The maximum absolute atomic E-state index is 11.1. The Morgan fingerprint density at radius 1 is 1.53 bits per heavy atom. The van der Waals surface area contributed by atoms with E-state index in [4.69, 9.17) is 5.14 Å². The van der Waals surface area contributed by atoms with Gasteiger partial charge in [0, 0.05) is 6.54 Å². The van der Waals surface area contributed by atoms with Crippen LogP contribution in [0.1, 0.15) is 26.0 Å². The van der Waals surface area contributed by atoms with Crippen molar-refractivity contribution in [2.75, 3.05) is 0 Å². The van der Waals surface area contributed by atoms with Crippen LogP contribution in [0, 0.1) is 12.8 Å². The van der Waals surface area contributed by atoms with Crippen molar-refractivity contribution in [2.24, 2.45) is 11.1 Å². The van der Waals surface area contributed by atoms with E-state index in [-0.39, 0.29) is 4.90 Å². The molecule has 1 aromatic heterocycles. The molecular formula is C9H17N3O2S. The fourth-order valence-corrected chi connectivity index (χ4v) is 2.03. The van der Waals surface area contributed by atoms with Crippen LogP contribution in [-0.4, -0.2) is 18.2 Å². The number of hydrogen-bond acceptors (Lipinski definition) is 3. The van der Waals surface area contributed by atoms with Crippen molar-refractivity contribution in [3.05, 3.63) is 11.9 Å². The van der Waals surface area contributed by atoms with Crippen molar-refractivity contribution in [1.29, 1.82) is 0 Å². The smallest absolute Gasteiger partial charge is 0.241 e. The minimum Gasteiger partial charge on any atom is -0.268 e. The Hall–Kier alpha value is -0.880. The molecule has 2 N–H and O–H groups in total. The van der Waals surface area contributed by atoms with Crippen LogP contribution in [0.4, 0.5) is 0 Å². The number of hydrogen-bond donors (Lipinski definition) is 1. The van der Waals surface area contributed by atoms with Gasteiger partial charge in [0.2, 0.25) is 10.0 Å². The van der Waals surface area contributed by atoms with Gasteiger partial charge in [0.1, 0.15) is 4.90 Å². The van der Waals surface area contributed by atoms with Crippen LogP contribution in [0.25, 0.3) is 0 Å². The molecular weight excluding hydrogens is 214 g/mol. The van der Waals surface area contributed by atoms with Crippen LogP contribution in [-0.2, 0) is 16.6 Å². The summed E-state index contributed by atoms with van der Waals surface area (Å²) in [5.41, 5.74) is 0.609. The van der Waals surface area contributed by atoms with E-state index in [2.05, 4.69) is 18.9 Å². The first-order valence-corrected chi connectivity index (χ1v) is 6.42. The molecule has 0 amide bonds. The lowest BCUT2D eigenvalue weighted by atomic mass is 10.1. The van der Waals surface area contributed by atoms with E-state index in [0.717, 1.165) is 13.0 Å². The number of aryl methyl sites for hydroxylation is 1. The molecule has 1 rings (SSSR count). The second-order valence-electron chi connectivity index (χ2n) is 4.04. The van der Waals surface area contributed by atoms with Crippen LogP contribution in [0.2, 0.25) is 0 Å². The van der Waals surface area contributed by atoms with E-state index in [1.165, 1.54) is 6.20 Å². The third-order valence-corrected chi connectivity index (χ3v) is 3.30. The highest BCUT2D eigenvalue weighted by molar-refractivity contribution is 7.89. The van der Waals surface area contributed by atoms with Gasteiger partial charge in [0.05, 0.1) is 11.9 Å². The Labute approximate surface area is 90.3 Å². The van der Waals surface area contributed by atoms with E-state index in [9.17, 15) is 8.42 Å². The van der Waals surface area contributed by atoms with E-state index in [1.54, 1.807) is 11.6 Å². The fraction of sp³-hybridized carbons (Fsp3) is 0.667. The Kier molecular flexibility index (Phi) is 3.51. The zero-order valence-corrected chi connectivity index (χ0v) is 10.1. The van der Waals surface area contributed by atoms with Crippen LogP contribution in [0.5, 0.6) is 0 Å². The average Bonchev–Trinajstić information content (AvgIpc) is 2.42. The summed E-state index contributed by atoms with van der Waals surface area (Å²) in [5, 5.41) is 9.06. The van der Waals surface area contributed by atoms with Crippen LogP contribution < -0.4 is 5.14 Å². The Bertz CT molecular complexity index is 434. The third-order valence-electron chi connectivity index (χ3n) is 2.28. The number of nitrogens with two attached hydrogens (primary N) is 1. The zero-order chi connectivity index (χ0) is 11.6. The maximum Gasteiger partial charge on any atom is 0.241 e. The summed E-state index contributed by atoms with van der Waals surface area (Å²) in [5.74, 6) is 0.562. The van der Waals surface area contributed by atoms with Crippen LogP contribution in [0.3, 0.4) is 0 Å². The van der Waals surface area contributed by atoms with Crippen LogP contribution in [0.15, 0.2) is 11.1 Å². The van der Waals surface area contributed by atoms with E-state index in [0.29, 0.717) is 11.6 Å². The lowest BCUT2D eigenvalue weighted by molar-refractivity contribution is 0.479. The Morgan fingerprint density at radius 3 is 2.53 bits per heavy atom. The molecule has 0 saturated heterocycles. The summed E-state index contributed by atoms with van der Waals surface area (Å²) in [6.45, 7) is 6.66. The topological polar surface area (TPSA) is 78.0 Å². The lowest BCUT2D eigenvalue weighted by Gasteiger charge is -2.06. The summed E-state index contributed by atoms with van der Waals surface area (Å²) in [6, 6.07) is 0. The van der Waals surface area contributed by atoms with Crippen molar-refractivity contribution in [2.45, 2.75) is 38.6 Å². The summed E-state index contributed by atoms with van der Waals surface area (Å²) in [6.07, 6.45) is 2.28. The van der Waals surface area contributed by atoms with Gasteiger partial charge in [-0.3, -0.25) is 4.68 Å². The van der Waals surface area contributed by atoms with E-state index < -0.39 is 10.0 Å². The molecule has 0 radical (unpaired) electrons. The Balaban J connectivity index is 2.90. The van der Waals surface area contributed by atoms with Gasteiger partial charge in [-0.05, 0) is 19.3 Å². The minimum absolute atomic E-state index is 0.117. The van der Waals surface area contributed by atoms with Crippen molar-refractivity contribution >= 4 is 10.0 Å². The molecule has 0 fully saturated rings. The highest BCUT2D eigenvalue weighted by Crippen LogP contribution is 2.13. The SMILES string of the molecule is Cc1c(S(N)(=O)=O)cnn1CCC(C)C. The van der Waals surface area contributed by atoms with Crippen molar-refractivity contribution in [3.63, 3.8) is 0 Å². The highest BCUT2D eigenvalue weighted by atomic mass is 32.2. The molecule has 0 aliphatic rings. The first-order chi connectivity index (χ1) is 6.82. The molecule has 6 heteroatoms. The molecule has 0 aromatic carbocycles. The molecule has 0 atom stereocenters. The first kappa shape index (κ1) is 12.2. The van der Waals surface area contributed by atoms with Crippen molar-refractivity contribution < 1.29 is 8.42 Å². The van der Waals surface area contributed by atoms with Crippen molar-refractivity contribution in [1.82, 2.24) is 9.78 Å². The summed E-state index contributed by atoms with van der Waals surface area (Å²) < 4.78 is 23.9. The summed E-state index contributed by atoms with van der Waals surface area (Å²) in [4.78, 5) is 0.117. The number of sulfonamides is 1. The first-order valence-electron chi connectivity index (χ1n) is 4.87.